The number of nitrogens with one attached hydrogen (secondary N) is 1. The summed E-state index contributed by atoms with van der Waals surface area (Å²) in [5, 5.41) is 0.275. The highest BCUT2D eigenvalue weighted by Crippen LogP contribution is 2.36. The van der Waals surface area contributed by atoms with Crippen LogP contribution >= 0.6 is 15.9 Å². The van der Waals surface area contributed by atoms with E-state index in [4.69, 9.17) is 4.43 Å². The third kappa shape index (κ3) is 3.71. The minimum Gasteiger partial charge on any atom is -0.416 e. The van der Waals surface area contributed by atoms with Gasteiger partial charge in [-0.1, -0.05) is 20.8 Å². The summed E-state index contributed by atoms with van der Waals surface area (Å²) in [5.74, 6) is 0.977. The molecule has 1 N–H and O–H groups in total. The molecule has 0 bridgehead atoms. The Bertz CT molecular complexity index is 344. The van der Waals surface area contributed by atoms with E-state index in [1.165, 1.54) is 0 Å². The summed E-state index contributed by atoms with van der Waals surface area (Å²) in [6, 6.07) is 0. The van der Waals surface area contributed by atoms with E-state index in [0.29, 0.717) is 0 Å². The SMILES string of the molecule is CC(C)(C)[Si](C)(C)OCCc1ncc(Br)[nH]1. The molecule has 0 fully saturated rings. The highest BCUT2D eigenvalue weighted by Gasteiger charge is 2.36. The molecular formula is C11H21BrN2OSi. The van der Waals surface area contributed by atoms with Crippen LogP contribution in [0.4, 0.5) is 0 Å². The summed E-state index contributed by atoms with van der Waals surface area (Å²) >= 11 is 3.35. The molecule has 0 aromatic carbocycles. The predicted octanol–water partition coefficient (Wildman–Crippen LogP) is 3.74. The van der Waals surface area contributed by atoms with Crippen LogP contribution in [0.2, 0.25) is 18.1 Å². The zero-order valence-electron chi connectivity index (χ0n) is 10.7. The van der Waals surface area contributed by atoms with E-state index in [0.717, 1.165) is 23.5 Å². The van der Waals surface area contributed by atoms with Gasteiger partial charge in [-0.25, -0.2) is 4.98 Å². The maximum absolute atomic E-state index is 6.07. The number of H-pyrrole nitrogens is 1. The minimum atomic E-state index is -1.61. The fraction of sp³-hybridized carbons (Fsp3) is 0.727. The Morgan fingerprint density at radius 3 is 2.50 bits per heavy atom. The van der Waals surface area contributed by atoms with Crippen LogP contribution in [0.15, 0.2) is 10.8 Å². The van der Waals surface area contributed by atoms with Gasteiger partial charge in [-0.15, -0.1) is 0 Å². The first-order valence-corrected chi connectivity index (χ1v) is 9.26. The highest BCUT2D eigenvalue weighted by atomic mass is 79.9. The van der Waals surface area contributed by atoms with E-state index in [-0.39, 0.29) is 5.04 Å². The number of halogens is 1. The van der Waals surface area contributed by atoms with Gasteiger partial charge in [0.2, 0.25) is 0 Å². The lowest BCUT2D eigenvalue weighted by atomic mass is 10.2. The smallest absolute Gasteiger partial charge is 0.191 e. The van der Waals surface area contributed by atoms with Gasteiger partial charge in [0.15, 0.2) is 8.32 Å². The van der Waals surface area contributed by atoms with Gasteiger partial charge in [0.05, 0.1) is 6.20 Å². The van der Waals surface area contributed by atoms with Crippen LogP contribution in [0.1, 0.15) is 26.6 Å². The van der Waals surface area contributed by atoms with Crippen molar-refractivity contribution >= 4 is 24.2 Å². The lowest BCUT2D eigenvalue weighted by molar-refractivity contribution is 0.289. The third-order valence-electron chi connectivity index (χ3n) is 3.21. The minimum absolute atomic E-state index is 0.275. The number of aromatic amines is 1. The molecule has 0 saturated carbocycles. The van der Waals surface area contributed by atoms with Crippen molar-refractivity contribution in [3.63, 3.8) is 0 Å². The average molecular weight is 305 g/mol. The van der Waals surface area contributed by atoms with Gasteiger partial charge < -0.3 is 9.41 Å². The highest BCUT2D eigenvalue weighted by molar-refractivity contribution is 9.10. The van der Waals surface area contributed by atoms with E-state index in [9.17, 15) is 0 Å². The first kappa shape index (κ1) is 13.9. The summed E-state index contributed by atoms with van der Waals surface area (Å²) in [7, 11) is -1.61. The number of aromatic nitrogens is 2. The van der Waals surface area contributed by atoms with Gasteiger partial charge in [-0.3, -0.25) is 0 Å². The summed E-state index contributed by atoms with van der Waals surface area (Å²) in [5.41, 5.74) is 0. The van der Waals surface area contributed by atoms with Gasteiger partial charge in [-0.05, 0) is 34.1 Å². The van der Waals surface area contributed by atoms with Crippen LogP contribution in [0.3, 0.4) is 0 Å². The molecule has 0 saturated heterocycles. The van der Waals surface area contributed by atoms with Crippen molar-refractivity contribution in [3.8, 4) is 0 Å². The Labute approximate surface area is 107 Å². The molecule has 1 aromatic rings. The van der Waals surface area contributed by atoms with Crippen LogP contribution in [0.5, 0.6) is 0 Å². The van der Waals surface area contributed by atoms with Crippen molar-refractivity contribution in [3.05, 3.63) is 16.6 Å². The number of nitrogens with zero attached hydrogens (tertiary/aromatic N) is 1. The molecule has 3 nitrogen and oxygen atoms in total. The van der Waals surface area contributed by atoms with Crippen LogP contribution < -0.4 is 0 Å². The lowest BCUT2D eigenvalue weighted by Gasteiger charge is -2.36. The van der Waals surface area contributed by atoms with Crippen LogP contribution in [0, 0.1) is 0 Å². The first-order valence-electron chi connectivity index (χ1n) is 5.56. The molecule has 0 amide bonds. The van der Waals surface area contributed by atoms with E-state index in [1.807, 2.05) is 0 Å². The van der Waals surface area contributed by atoms with Gasteiger partial charge in [0.1, 0.15) is 10.4 Å². The van der Waals surface area contributed by atoms with E-state index >= 15 is 0 Å². The summed E-state index contributed by atoms with van der Waals surface area (Å²) in [4.78, 5) is 7.37. The summed E-state index contributed by atoms with van der Waals surface area (Å²) in [6.07, 6.45) is 2.62. The van der Waals surface area contributed by atoms with Crippen molar-refractivity contribution < 1.29 is 4.43 Å². The molecule has 5 heteroatoms. The van der Waals surface area contributed by atoms with Crippen molar-refractivity contribution in [2.75, 3.05) is 6.61 Å². The van der Waals surface area contributed by atoms with Crippen LogP contribution in [-0.4, -0.2) is 24.9 Å². The number of imidazole rings is 1. The molecule has 0 unspecified atom stereocenters. The Morgan fingerprint density at radius 2 is 2.06 bits per heavy atom. The number of hydrogen-bond acceptors (Lipinski definition) is 2. The topological polar surface area (TPSA) is 37.9 Å². The quantitative estimate of drug-likeness (QED) is 0.861. The van der Waals surface area contributed by atoms with Crippen molar-refractivity contribution in [1.82, 2.24) is 9.97 Å². The molecule has 1 aromatic heterocycles. The van der Waals surface area contributed by atoms with Gasteiger partial charge >= 0.3 is 0 Å². The molecule has 92 valence electrons. The largest absolute Gasteiger partial charge is 0.416 e. The second kappa shape index (κ2) is 5.02. The molecule has 0 aliphatic carbocycles. The predicted molar refractivity (Wildman–Crippen MR) is 73.1 cm³/mol. The standard InChI is InChI=1S/C11H21BrN2OSi/c1-11(2,3)16(4,5)15-7-6-10-13-8-9(12)14-10/h8H,6-7H2,1-5H3,(H,13,14). The van der Waals surface area contributed by atoms with Crippen LogP contribution in [-0.2, 0) is 10.8 Å². The van der Waals surface area contributed by atoms with Crippen molar-refractivity contribution in [2.24, 2.45) is 0 Å². The summed E-state index contributed by atoms with van der Waals surface area (Å²) in [6.45, 7) is 12.0. The Kier molecular flexibility index (Phi) is 4.37. The Morgan fingerprint density at radius 1 is 1.44 bits per heavy atom. The zero-order valence-corrected chi connectivity index (χ0v) is 13.3. The zero-order chi connectivity index (χ0) is 12.4. The second-order valence-electron chi connectivity index (χ2n) is 5.54. The Hall–Kier alpha value is -0.133. The second-order valence-corrected chi connectivity index (χ2v) is 11.2. The molecule has 1 heterocycles. The van der Waals surface area contributed by atoms with Crippen LogP contribution in [0.25, 0.3) is 0 Å². The fourth-order valence-corrected chi connectivity index (χ4v) is 2.46. The number of rotatable bonds is 4. The van der Waals surface area contributed by atoms with E-state index < -0.39 is 8.32 Å². The van der Waals surface area contributed by atoms with Gasteiger partial charge in [0, 0.05) is 13.0 Å². The molecule has 16 heavy (non-hydrogen) atoms. The molecule has 0 aliphatic rings. The third-order valence-corrected chi connectivity index (χ3v) is 8.15. The molecular weight excluding hydrogens is 284 g/mol. The molecule has 0 atom stereocenters. The first-order chi connectivity index (χ1) is 7.22. The van der Waals surface area contributed by atoms with Crippen molar-refractivity contribution in [1.29, 1.82) is 0 Å². The van der Waals surface area contributed by atoms with Crippen molar-refractivity contribution in [2.45, 2.75) is 45.3 Å². The Balaban J connectivity index is 2.41. The molecule has 0 aliphatic heterocycles. The normalized spacial score (nSPS) is 13.1. The van der Waals surface area contributed by atoms with E-state index in [2.05, 4.69) is 59.8 Å². The molecule has 0 spiro atoms. The van der Waals surface area contributed by atoms with Gasteiger partial charge in [0.25, 0.3) is 0 Å². The summed E-state index contributed by atoms with van der Waals surface area (Å²) < 4.78 is 7.00. The average Bonchev–Trinajstić information content (AvgIpc) is 2.49. The molecule has 0 radical (unpaired) electrons. The monoisotopic (exact) mass is 304 g/mol. The maximum Gasteiger partial charge on any atom is 0.191 e. The van der Waals surface area contributed by atoms with E-state index in [1.54, 1.807) is 6.20 Å². The number of hydrogen-bond donors (Lipinski definition) is 1. The fourth-order valence-electron chi connectivity index (χ4n) is 1.08. The van der Waals surface area contributed by atoms with Gasteiger partial charge in [-0.2, -0.15) is 0 Å². The maximum atomic E-state index is 6.07. The molecule has 1 rings (SSSR count). The lowest BCUT2D eigenvalue weighted by Crippen LogP contribution is -2.41.